The van der Waals surface area contributed by atoms with Crippen molar-refractivity contribution in [1.82, 2.24) is 0 Å². The number of anilines is 1. The lowest BCUT2D eigenvalue weighted by atomic mass is 10.1. The first-order chi connectivity index (χ1) is 8.99. The Hall–Kier alpha value is -1.95. The Bertz CT molecular complexity index is 525. The Morgan fingerprint density at radius 1 is 1.47 bits per heavy atom. The molecule has 2 amide bonds. The SMILES string of the molecule is Cc1cc(NC(=O)C2CCCO2)c(C(N)=O)cc1F. The zero-order valence-corrected chi connectivity index (χ0v) is 10.5. The molecular weight excluding hydrogens is 251 g/mol. The summed E-state index contributed by atoms with van der Waals surface area (Å²) in [5, 5.41) is 2.57. The molecule has 2 rings (SSSR count). The van der Waals surface area contributed by atoms with Crippen molar-refractivity contribution in [3.05, 3.63) is 29.1 Å². The maximum atomic E-state index is 13.4. The normalized spacial score (nSPS) is 18.3. The number of aryl methyl sites for hydroxylation is 1. The van der Waals surface area contributed by atoms with E-state index in [0.717, 1.165) is 12.5 Å². The molecule has 0 radical (unpaired) electrons. The van der Waals surface area contributed by atoms with E-state index in [1.165, 1.54) is 6.07 Å². The molecular formula is C13H15FN2O3. The number of carbonyl (C=O) groups excluding carboxylic acids is 2. The van der Waals surface area contributed by atoms with Gasteiger partial charge < -0.3 is 15.8 Å². The molecule has 1 fully saturated rings. The van der Waals surface area contributed by atoms with Gasteiger partial charge in [0.05, 0.1) is 11.3 Å². The van der Waals surface area contributed by atoms with Crippen molar-refractivity contribution in [2.75, 3.05) is 11.9 Å². The van der Waals surface area contributed by atoms with E-state index in [2.05, 4.69) is 5.32 Å². The number of hydrogen-bond donors (Lipinski definition) is 2. The summed E-state index contributed by atoms with van der Waals surface area (Å²) < 4.78 is 18.7. The number of carbonyl (C=O) groups is 2. The van der Waals surface area contributed by atoms with E-state index in [-0.39, 0.29) is 17.2 Å². The quantitative estimate of drug-likeness (QED) is 0.866. The van der Waals surface area contributed by atoms with Crippen molar-refractivity contribution in [3.63, 3.8) is 0 Å². The van der Waals surface area contributed by atoms with Crippen LogP contribution in [0.2, 0.25) is 0 Å². The number of hydrogen-bond acceptors (Lipinski definition) is 3. The van der Waals surface area contributed by atoms with Gasteiger partial charge in [-0.3, -0.25) is 9.59 Å². The monoisotopic (exact) mass is 266 g/mol. The van der Waals surface area contributed by atoms with Crippen LogP contribution >= 0.6 is 0 Å². The predicted octanol–water partition coefficient (Wildman–Crippen LogP) is 1.35. The van der Waals surface area contributed by atoms with Gasteiger partial charge in [-0.05, 0) is 37.5 Å². The second-order valence-electron chi connectivity index (χ2n) is 4.50. The summed E-state index contributed by atoms with van der Waals surface area (Å²) in [6.07, 6.45) is 0.937. The first-order valence-electron chi connectivity index (χ1n) is 6.01. The molecule has 0 aliphatic carbocycles. The van der Waals surface area contributed by atoms with E-state index < -0.39 is 17.8 Å². The molecule has 0 bridgehead atoms. The van der Waals surface area contributed by atoms with Crippen LogP contribution in [-0.2, 0) is 9.53 Å². The Balaban J connectivity index is 2.25. The van der Waals surface area contributed by atoms with Gasteiger partial charge in [0.1, 0.15) is 11.9 Å². The zero-order valence-electron chi connectivity index (χ0n) is 10.5. The summed E-state index contributed by atoms with van der Waals surface area (Å²) in [4.78, 5) is 23.2. The van der Waals surface area contributed by atoms with Crippen LogP contribution in [0.5, 0.6) is 0 Å². The summed E-state index contributed by atoms with van der Waals surface area (Å²) in [5.41, 5.74) is 5.67. The molecule has 1 heterocycles. The van der Waals surface area contributed by atoms with Crippen LogP contribution in [0.4, 0.5) is 10.1 Å². The minimum atomic E-state index is -0.790. The highest BCUT2D eigenvalue weighted by atomic mass is 19.1. The third kappa shape index (κ3) is 2.90. The van der Waals surface area contributed by atoms with Crippen LogP contribution in [0.3, 0.4) is 0 Å². The van der Waals surface area contributed by atoms with Gasteiger partial charge in [0.25, 0.3) is 11.8 Å². The fourth-order valence-electron chi connectivity index (χ4n) is 1.99. The molecule has 1 aliphatic heterocycles. The van der Waals surface area contributed by atoms with Gasteiger partial charge in [0.2, 0.25) is 0 Å². The van der Waals surface area contributed by atoms with E-state index in [0.29, 0.717) is 18.6 Å². The molecule has 0 aromatic heterocycles. The van der Waals surface area contributed by atoms with Crippen LogP contribution in [0, 0.1) is 12.7 Å². The third-order valence-corrected chi connectivity index (χ3v) is 3.04. The Morgan fingerprint density at radius 3 is 2.79 bits per heavy atom. The minimum Gasteiger partial charge on any atom is -0.368 e. The van der Waals surface area contributed by atoms with Crippen molar-refractivity contribution >= 4 is 17.5 Å². The summed E-state index contributed by atoms with van der Waals surface area (Å²) in [7, 11) is 0. The summed E-state index contributed by atoms with van der Waals surface area (Å²) >= 11 is 0. The minimum absolute atomic E-state index is 0.0468. The molecule has 1 aromatic rings. The average Bonchev–Trinajstić information content (AvgIpc) is 2.86. The number of halogens is 1. The van der Waals surface area contributed by atoms with E-state index in [1.807, 2.05) is 0 Å². The number of amides is 2. The summed E-state index contributed by atoms with van der Waals surface area (Å²) in [6, 6.07) is 2.42. The highest BCUT2D eigenvalue weighted by Crippen LogP contribution is 2.22. The van der Waals surface area contributed by atoms with Crippen molar-refractivity contribution in [3.8, 4) is 0 Å². The average molecular weight is 266 g/mol. The lowest BCUT2D eigenvalue weighted by molar-refractivity contribution is -0.124. The fourth-order valence-corrected chi connectivity index (χ4v) is 1.99. The van der Waals surface area contributed by atoms with Gasteiger partial charge in [-0.25, -0.2) is 4.39 Å². The summed E-state index contributed by atoms with van der Waals surface area (Å²) in [6.45, 7) is 2.09. The van der Waals surface area contributed by atoms with Crippen LogP contribution in [0.25, 0.3) is 0 Å². The second-order valence-corrected chi connectivity index (χ2v) is 4.50. The van der Waals surface area contributed by atoms with Gasteiger partial charge >= 0.3 is 0 Å². The topological polar surface area (TPSA) is 81.4 Å². The maximum absolute atomic E-state index is 13.4. The smallest absolute Gasteiger partial charge is 0.253 e. The number of nitrogens with one attached hydrogen (secondary N) is 1. The first kappa shape index (κ1) is 13.5. The van der Waals surface area contributed by atoms with E-state index in [1.54, 1.807) is 6.92 Å². The number of benzene rings is 1. The molecule has 1 aromatic carbocycles. The van der Waals surface area contributed by atoms with Crippen LogP contribution < -0.4 is 11.1 Å². The highest BCUT2D eigenvalue weighted by molar-refractivity contribution is 6.04. The molecule has 1 aliphatic rings. The molecule has 19 heavy (non-hydrogen) atoms. The number of rotatable bonds is 3. The Kier molecular flexibility index (Phi) is 3.80. The van der Waals surface area contributed by atoms with Crippen molar-refractivity contribution in [1.29, 1.82) is 0 Å². The van der Waals surface area contributed by atoms with Gasteiger partial charge in [-0.1, -0.05) is 0 Å². The van der Waals surface area contributed by atoms with Gasteiger partial charge in [-0.15, -0.1) is 0 Å². The third-order valence-electron chi connectivity index (χ3n) is 3.04. The molecule has 5 nitrogen and oxygen atoms in total. The predicted molar refractivity (Wildman–Crippen MR) is 67.3 cm³/mol. The lowest BCUT2D eigenvalue weighted by Gasteiger charge is -2.13. The van der Waals surface area contributed by atoms with Crippen LogP contribution in [-0.4, -0.2) is 24.5 Å². The summed E-state index contributed by atoms with van der Waals surface area (Å²) in [5.74, 6) is -1.67. The maximum Gasteiger partial charge on any atom is 0.253 e. The molecule has 1 unspecified atom stereocenters. The van der Waals surface area contributed by atoms with E-state index in [9.17, 15) is 14.0 Å². The van der Waals surface area contributed by atoms with Gasteiger partial charge in [-0.2, -0.15) is 0 Å². The number of primary amides is 1. The molecule has 6 heteroatoms. The Morgan fingerprint density at radius 2 is 2.21 bits per heavy atom. The van der Waals surface area contributed by atoms with Crippen LogP contribution in [0.1, 0.15) is 28.8 Å². The largest absolute Gasteiger partial charge is 0.368 e. The van der Waals surface area contributed by atoms with E-state index >= 15 is 0 Å². The lowest BCUT2D eigenvalue weighted by Crippen LogP contribution is -2.28. The standard InChI is InChI=1S/C13H15FN2O3/c1-7-5-10(8(12(15)17)6-9(7)14)16-13(18)11-3-2-4-19-11/h5-6,11H,2-4H2,1H3,(H2,15,17)(H,16,18). The fraction of sp³-hybridized carbons (Fsp3) is 0.385. The van der Waals surface area contributed by atoms with Crippen molar-refractivity contribution in [2.24, 2.45) is 5.73 Å². The molecule has 3 N–H and O–H groups in total. The zero-order chi connectivity index (χ0) is 14.0. The van der Waals surface area contributed by atoms with Gasteiger partial charge in [0, 0.05) is 6.61 Å². The molecule has 1 saturated heterocycles. The number of ether oxygens (including phenoxy) is 1. The molecule has 0 saturated carbocycles. The molecule has 102 valence electrons. The molecule has 0 spiro atoms. The van der Waals surface area contributed by atoms with E-state index in [4.69, 9.17) is 10.5 Å². The first-order valence-corrected chi connectivity index (χ1v) is 6.01. The van der Waals surface area contributed by atoms with Crippen molar-refractivity contribution in [2.45, 2.75) is 25.9 Å². The highest BCUT2D eigenvalue weighted by Gasteiger charge is 2.25. The second kappa shape index (κ2) is 5.36. The van der Waals surface area contributed by atoms with Crippen LogP contribution in [0.15, 0.2) is 12.1 Å². The van der Waals surface area contributed by atoms with Crippen molar-refractivity contribution < 1.29 is 18.7 Å². The number of nitrogens with two attached hydrogens (primary N) is 1. The van der Waals surface area contributed by atoms with Gasteiger partial charge in [0.15, 0.2) is 0 Å². The molecule has 1 atom stereocenters. The Labute approximate surface area is 109 Å².